The van der Waals surface area contributed by atoms with Crippen molar-refractivity contribution in [3.05, 3.63) is 52.2 Å². The summed E-state index contributed by atoms with van der Waals surface area (Å²) in [4.78, 5) is 12.9. The molecule has 20 heavy (non-hydrogen) atoms. The minimum absolute atomic E-state index is 0.0725. The molecule has 0 atom stereocenters. The Morgan fingerprint density at radius 1 is 1.35 bits per heavy atom. The van der Waals surface area contributed by atoms with E-state index in [1.165, 1.54) is 11.3 Å². The largest absolute Gasteiger partial charge is 0.497 e. The molecule has 0 bridgehead atoms. The van der Waals surface area contributed by atoms with Gasteiger partial charge in [-0.3, -0.25) is 4.79 Å². The van der Waals surface area contributed by atoms with Crippen LogP contribution in [0.5, 0.6) is 5.75 Å². The summed E-state index contributed by atoms with van der Waals surface area (Å²) in [5.74, 6) is 0.281. The summed E-state index contributed by atoms with van der Waals surface area (Å²) in [5, 5.41) is 13.6. The molecule has 0 aliphatic rings. The molecular formula is C15H12N2O2S. The van der Waals surface area contributed by atoms with Crippen molar-refractivity contribution in [3.63, 3.8) is 0 Å². The number of nitriles is 1. The van der Waals surface area contributed by atoms with Crippen molar-refractivity contribution in [2.24, 2.45) is 0 Å². The smallest absolute Gasteiger partial charge is 0.266 e. The summed E-state index contributed by atoms with van der Waals surface area (Å²) in [6.45, 7) is 0. The van der Waals surface area contributed by atoms with Gasteiger partial charge >= 0.3 is 0 Å². The van der Waals surface area contributed by atoms with E-state index in [4.69, 9.17) is 10.00 Å². The van der Waals surface area contributed by atoms with E-state index in [-0.39, 0.29) is 5.57 Å². The first kappa shape index (κ1) is 13.8. The highest BCUT2D eigenvalue weighted by molar-refractivity contribution is 7.10. The van der Waals surface area contributed by atoms with Crippen LogP contribution in [0.15, 0.2) is 47.4 Å². The maximum Gasteiger partial charge on any atom is 0.266 e. The first-order valence-electron chi connectivity index (χ1n) is 5.83. The Bertz CT molecular complexity index is 652. The normalized spacial score (nSPS) is 10.7. The standard InChI is InChI=1S/C15H12N2O2S/c1-19-13-6-4-12(5-7-13)17-15(18)11(10-16)9-14-3-2-8-20-14/h2-9H,1H3,(H,17,18)/b11-9+. The highest BCUT2D eigenvalue weighted by atomic mass is 32.1. The number of methoxy groups -OCH3 is 1. The summed E-state index contributed by atoms with van der Waals surface area (Å²) in [7, 11) is 1.57. The molecule has 4 nitrogen and oxygen atoms in total. The molecule has 1 N–H and O–H groups in total. The number of thiophene rings is 1. The Morgan fingerprint density at radius 3 is 2.65 bits per heavy atom. The molecule has 2 rings (SSSR count). The molecule has 5 heteroatoms. The lowest BCUT2D eigenvalue weighted by atomic mass is 10.2. The van der Waals surface area contributed by atoms with Crippen molar-refractivity contribution in [2.75, 3.05) is 12.4 Å². The van der Waals surface area contributed by atoms with Crippen LogP contribution in [-0.2, 0) is 4.79 Å². The van der Waals surface area contributed by atoms with Crippen LogP contribution >= 0.6 is 11.3 Å². The van der Waals surface area contributed by atoms with E-state index in [0.717, 1.165) is 4.88 Å². The lowest BCUT2D eigenvalue weighted by Crippen LogP contribution is -2.13. The minimum Gasteiger partial charge on any atom is -0.497 e. The van der Waals surface area contributed by atoms with E-state index in [2.05, 4.69) is 5.32 Å². The van der Waals surface area contributed by atoms with Gasteiger partial charge in [-0.05, 0) is 41.8 Å². The lowest BCUT2D eigenvalue weighted by Gasteiger charge is -2.05. The minimum atomic E-state index is -0.425. The Labute approximate surface area is 120 Å². The summed E-state index contributed by atoms with van der Waals surface area (Å²) in [6.07, 6.45) is 1.57. The highest BCUT2D eigenvalue weighted by Gasteiger charge is 2.09. The fraction of sp³-hybridized carbons (Fsp3) is 0.0667. The third kappa shape index (κ3) is 3.46. The van der Waals surface area contributed by atoms with E-state index in [1.54, 1.807) is 37.5 Å². The van der Waals surface area contributed by atoms with Crippen molar-refractivity contribution in [3.8, 4) is 11.8 Å². The number of nitrogens with one attached hydrogen (secondary N) is 1. The Morgan fingerprint density at radius 2 is 2.10 bits per heavy atom. The monoisotopic (exact) mass is 284 g/mol. The number of benzene rings is 1. The molecule has 0 saturated carbocycles. The van der Waals surface area contributed by atoms with Gasteiger partial charge in [0, 0.05) is 10.6 Å². The van der Waals surface area contributed by atoms with Gasteiger partial charge in [0.1, 0.15) is 17.4 Å². The van der Waals surface area contributed by atoms with Crippen LogP contribution in [0.3, 0.4) is 0 Å². The molecule has 100 valence electrons. The lowest BCUT2D eigenvalue weighted by molar-refractivity contribution is -0.112. The first-order chi connectivity index (χ1) is 9.72. The van der Waals surface area contributed by atoms with Crippen LogP contribution in [0.1, 0.15) is 4.88 Å². The fourth-order valence-corrected chi connectivity index (χ4v) is 2.19. The number of hydrogen-bond donors (Lipinski definition) is 1. The molecule has 1 amide bonds. The molecule has 0 spiro atoms. The quantitative estimate of drug-likeness (QED) is 0.692. The Kier molecular flexibility index (Phi) is 4.53. The SMILES string of the molecule is COc1ccc(NC(=O)/C(C#N)=C/c2cccs2)cc1. The van der Waals surface area contributed by atoms with Crippen molar-refractivity contribution in [1.82, 2.24) is 0 Å². The van der Waals surface area contributed by atoms with E-state index >= 15 is 0 Å². The second-order valence-corrected chi connectivity index (χ2v) is 4.85. The van der Waals surface area contributed by atoms with Crippen LogP contribution in [0.25, 0.3) is 6.08 Å². The van der Waals surface area contributed by atoms with Crippen molar-refractivity contribution >= 4 is 29.0 Å². The topological polar surface area (TPSA) is 62.1 Å². The number of carbonyl (C=O) groups excluding carboxylic acids is 1. The van der Waals surface area contributed by atoms with Gasteiger partial charge in [-0.2, -0.15) is 5.26 Å². The van der Waals surface area contributed by atoms with Gasteiger partial charge in [-0.1, -0.05) is 6.07 Å². The average Bonchev–Trinajstić information content (AvgIpc) is 2.98. The molecule has 1 aromatic heterocycles. The van der Waals surface area contributed by atoms with E-state index in [9.17, 15) is 4.79 Å². The second kappa shape index (κ2) is 6.55. The summed E-state index contributed by atoms with van der Waals surface area (Å²) < 4.78 is 5.04. The zero-order chi connectivity index (χ0) is 14.4. The van der Waals surface area contributed by atoms with Gasteiger partial charge in [-0.15, -0.1) is 11.3 Å². The molecule has 1 heterocycles. The van der Waals surface area contributed by atoms with Crippen LogP contribution in [0.2, 0.25) is 0 Å². The van der Waals surface area contributed by atoms with E-state index in [0.29, 0.717) is 11.4 Å². The van der Waals surface area contributed by atoms with Crippen molar-refractivity contribution in [2.45, 2.75) is 0 Å². The molecule has 0 aliphatic heterocycles. The van der Waals surface area contributed by atoms with Gasteiger partial charge in [0.05, 0.1) is 7.11 Å². The molecule has 0 fully saturated rings. The van der Waals surface area contributed by atoms with Crippen molar-refractivity contribution < 1.29 is 9.53 Å². The average molecular weight is 284 g/mol. The molecule has 0 radical (unpaired) electrons. The molecule has 1 aromatic carbocycles. The summed E-state index contributed by atoms with van der Waals surface area (Å²) >= 11 is 1.47. The summed E-state index contributed by atoms with van der Waals surface area (Å²) in [5.41, 5.74) is 0.686. The third-order valence-corrected chi connectivity index (χ3v) is 3.36. The predicted octanol–water partition coefficient (Wildman–Crippen LogP) is 3.30. The summed E-state index contributed by atoms with van der Waals surface area (Å²) in [6, 6.07) is 12.6. The van der Waals surface area contributed by atoms with Crippen LogP contribution in [0, 0.1) is 11.3 Å². The number of hydrogen-bond acceptors (Lipinski definition) is 4. The molecular weight excluding hydrogens is 272 g/mol. The van der Waals surface area contributed by atoms with E-state index in [1.807, 2.05) is 23.6 Å². The number of anilines is 1. The van der Waals surface area contributed by atoms with Gasteiger partial charge in [0.15, 0.2) is 0 Å². The van der Waals surface area contributed by atoms with Crippen LogP contribution in [-0.4, -0.2) is 13.0 Å². The van der Waals surface area contributed by atoms with Crippen LogP contribution < -0.4 is 10.1 Å². The first-order valence-corrected chi connectivity index (χ1v) is 6.71. The fourth-order valence-electron chi connectivity index (χ4n) is 1.54. The molecule has 2 aromatic rings. The zero-order valence-corrected chi connectivity index (χ0v) is 11.6. The van der Waals surface area contributed by atoms with Gasteiger partial charge < -0.3 is 10.1 Å². The molecule has 0 unspecified atom stereocenters. The van der Waals surface area contributed by atoms with E-state index < -0.39 is 5.91 Å². The number of ether oxygens (including phenoxy) is 1. The zero-order valence-electron chi connectivity index (χ0n) is 10.8. The van der Waals surface area contributed by atoms with Crippen molar-refractivity contribution in [1.29, 1.82) is 5.26 Å². The van der Waals surface area contributed by atoms with Crippen LogP contribution in [0.4, 0.5) is 5.69 Å². The third-order valence-electron chi connectivity index (χ3n) is 2.54. The van der Waals surface area contributed by atoms with Gasteiger partial charge in [-0.25, -0.2) is 0 Å². The van der Waals surface area contributed by atoms with Gasteiger partial charge in [0.2, 0.25) is 0 Å². The maximum atomic E-state index is 12.0. The number of rotatable bonds is 4. The molecule has 0 saturated heterocycles. The Balaban J connectivity index is 2.11. The molecule has 0 aliphatic carbocycles. The number of amides is 1. The highest BCUT2D eigenvalue weighted by Crippen LogP contribution is 2.17. The Hall–Kier alpha value is -2.58. The number of carbonyl (C=O) groups is 1. The predicted molar refractivity (Wildman–Crippen MR) is 79.5 cm³/mol. The maximum absolute atomic E-state index is 12.0. The number of nitrogens with zero attached hydrogens (tertiary/aromatic N) is 1. The van der Waals surface area contributed by atoms with Gasteiger partial charge in [0.25, 0.3) is 5.91 Å². The second-order valence-electron chi connectivity index (χ2n) is 3.87.